The molecule has 2 amide bonds. The van der Waals surface area contributed by atoms with Crippen LogP contribution in [0.2, 0.25) is 0 Å². The normalized spacial score (nSPS) is 15.1. The van der Waals surface area contributed by atoms with E-state index in [4.69, 9.17) is 9.47 Å². The highest BCUT2D eigenvalue weighted by Crippen LogP contribution is 2.30. The van der Waals surface area contributed by atoms with E-state index in [-0.39, 0.29) is 24.0 Å². The van der Waals surface area contributed by atoms with E-state index in [9.17, 15) is 13.2 Å². The van der Waals surface area contributed by atoms with Crippen LogP contribution in [0.4, 0.5) is 10.5 Å². The Balaban J connectivity index is 1.61. The van der Waals surface area contributed by atoms with Crippen LogP contribution < -0.4 is 14.8 Å². The van der Waals surface area contributed by atoms with Gasteiger partial charge in [-0.15, -0.1) is 0 Å². The zero-order valence-corrected chi connectivity index (χ0v) is 16.6. The number of carbonyl (C=O) groups is 1. The Labute approximate surface area is 164 Å². The molecule has 28 heavy (non-hydrogen) atoms. The number of piperazine rings is 1. The van der Waals surface area contributed by atoms with Crippen LogP contribution in [0.15, 0.2) is 53.4 Å². The number of benzene rings is 2. The minimum Gasteiger partial charge on any atom is -0.493 e. The van der Waals surface area contributed by atoms with Crippen molar-refractivity contribution in [2.24, 2.45) is 0 Å². The van der Waals surface area contributed by atoms with Crippen LogP contribution in [0.3, 0.4) is 0 Å². The van der Waals surface area contributed by atoms with Gasteiger partial charge in [0.25, 0.3) is 0 Å². The lowest BCUT2D eigenvalue weighted by Gasteiger charge is -2.34. The van der Waals surface area contributed by atoms with Crippen LogP contribution in [-0.4, -0.2) is 64.1 Å². The smallest absolute Gasteiger partial charge is 0.321 e. The summed E-state index contributed by atoms with van der Waals surface area (Å²) in [5.41, 5.74) is 0.571. The second kappa shape index (κ2) is 8.49. The molecule has 0 aromatic heterocycles. The highest BCUT2D eigenvalue weighted by molar-refractivity contribution is 7.89. The van der Waals surface area contributed by atoms with Gasteiger partial charge in [-0.2, -0.15) is 4.31 Å². The first kappa shape index (κ1) is 20.0. The topological polar surface area (TPSA) is 88.2 Å². The van der Waals surface area contributed by atoms with Gasteiger partial charge in [-0.3, -0.25) is 0 Å². The molecule has 1 aliphatic rings. The van der Waals surface area contributed by atoms with Crippen molar-refractivity contribution in [1.82, 2.24) is 9.21 Å². The van der Waals surface area contributed by atoms with Crippen LogP contribution in [-0.2, 0) is 10.0 Å². The van der Waals surface area contributed by atoms with Crippen molar-refractivity contribution >= 4 is 21.7 Å². The summed E-state index contributed by atoms with van der Waals surface area (Å²) in [5.74, 6) is 1.08. The largest absolute Gasteiger partial charge is 0.493 e. The molecule has 0 saturated carbocycles. The van der Waals surface area contributed by atoms with E-state index in [1.54, 1.807) is 60.5 Å². The fourth-order valence-corrected chi connectivity index (χ4v) is 4.43. The summed E-state index contributed by atoms with van der Waals surface area (Å²) in [7, 11) is -0.478. The van der Waals surface area contributed by atoms with E-state index in [1.807, 2.05) is 0 Å². The average Bonchev–Trinajstić information content (AvgIpc) is 2.74. The zero-order chi connectivity index (χ0) is 20.1. The van der Waals surface area contributed by atoms with Gasteiger partial charge in [-0.25, -0.2) is 13.2 Å². The number of amides is 2. The molecule has 2 aromatic carbocycles. The summed E-state index contributed by atoms with van der Waals surface area (Å²) < 4.78 is 37.2. The lowest BCUT2D eigenvalue weighted by Crippen LogP contribution is -2.51. The summed E-state index contributed by atoms with van der Waals surface area (Å²) in [4.78, 5) is 14.4. The van der Waals surface area contributed by atoms with Crippen molar-refractivity contribution in [2.45, 2.75) is 4.90 Å². The molecule has 8 nitrogen and oxygen atoms in total. The van der Waals surface area contributed by atoms with Gasteiger partial charge in [0, 0.05) is 37.9 Å². The summed E-state index contributed by atoms with van der Waals surface area (Å²) in [6, 6.07) is 13.1. The maximum atomic E-state index is 12.7. The number of urea groups is 1. The molecule has 0 unspecified atom stereocenters. The number of nitrogens with zero attached hydrogens (tertiary/aromatic N) is 2. The maximum Gasteiger partial charge on any atom is 0.321 e. The first-order chi connectivity index (χ1) is 13.5. The van der Waals surface area contributed by atoms with Gasteiger partial charge in [-0.1, -0.05) is 18.2 Å². The van der Waals surface area contributed by atoms with Crippen molar-refractivity contribution in [3.8, 4) is 11.5 Å². The minimum atomic E-state index is -3.54. The van der Waals surface area contributed by atoms with E-state index < -0.39 is 10.0 Å². The molecule has 1 aliphatic heterocycles. The van der Waals surface area contributed by atoms with E-state index in [2.05, 4.69) is 5.32 Å². The number of anilines is 1. The molecule has 0 spiro atoms. The number of ether oxygens (including phenoxy) is 2. The first-order valence-corrected chi connectivity index (χ1v) is 10.2. The van der Waals surface area contributed by atoms with Gasteiger partial charge in [-0.05, 0) is 24.3 Å². The summed E-state index contributed by atoms with van der Waals surface area (Å²) in [6.07, 6.45) is 0. The second-order valence-corrected chi connectivity index (χ2v) is 8.14. The molecule has 0 radical (unpaired) electrons. The quantitative estimate of drug-likeness (QED) is 0.824. The highest BCUT2D eigenvalue weighted by Gasteiger charge is 2.30. The van der Waals surface area contributed by atoms with E-state index in [0.717, 1.165) is 0 Å². The Morgan fingerprint density at radius 1 is 0.929 bits per heavy atom. The van der Waals surface area contributed by atoms with E-state index in [1.165, 1.54) is 11.4 Å². The lowest BCUT2D eigenvalue weighted by molar-refractivity contribution is 0.184. The van der Waals surface area contributed by atoms with E-state index >= 15 is 0 Å². The zero-order valence-electron chi connectivity index (χ0n) is 15.8. The van der Waals surface area contributed by atoms with Crippen LogP contribution in [0, 0.1) is 0 Å². The Morgan fingerprint density at radius 3 is 2.18 bits per heavy atom. The van der Waals surface area contributed by atoms with E-state index in [0.29, 0.717) is 30.3 Å². The second-order valence-electron chi connectivity index (χ2n) is 6.20. The van der Waals surface area contributed by atoms with Crippen molar-refractivity contribution in [2.75, 3.05) is 45.7 Å². The fraction of sp³-hybridized carbons (Fsp3) is 0.316. The molecule has 2 aromatic rings. The van der Waals surface area contributed by atoms with Gasteiger partial charge in [0.1, 0.15) is 0 Å². The number of rotatable bonds is 5. The molecule has 1 heterocycles. The van der Waals surface area contributed by atoms with Crippen LogP contribution >= 0.6 is 0 Å². The molecule has 9 heteroatoms. The molecule has 1 fully saturated rings. The lowest BCUT2D eigenvalue weighted by atomic mass is 10.2. The standard InChI is InChI=1S/C19H23N3O5S/c1-26-17-9-8-15(14-18(17)27-2)20-19(23)21-10-12-22(13-11-21)28(24,25)16-6-4-3-5-7-16/h3-9,14H,10-13H2,1-2H3,(H,20,23). The Kier molecular flexibility index (Phi) is 6.05. The van der Waals surface area contributed by atoms with Crippen molar-refractivity contribution < 1.29 is 22.7 Å². The van der Waals surface area contributed by atoms with Gasteiger partial charge >= 0.3 is 6.03 Å². The summed E-state index contributed by atoms with van der Waals surface area (Å²) in [5, 5.41) is 2.81. The number of hydrogen-bond donors (Lipinski definition) is 1. The average molecular weight is 405 g/mol. The molecule has 1 N–H and O–H groups in total. The number of methoxy groups -OCH3 is 2. The van der Waals surface area contributed by atoms with Crippen molar-refractivity contribution in [3.63, 3.8) is 0 Å². The Bertz CT molecular complexity index is 926. The molecule has 1 saturated heterocycles. The molecular weight excluding hydrogens is 382 g/mol. The van der Waals surface area contributed by atoms with Gasteiger partial charge in [0.05, 0.1) is 19.1 Å². The van der Waals surface area contributed by atoms with Crippen LogP contribution in [0.5, 0.6) is 11.5 Å². The molecule has 0 aliphatic carbocycles. The van der Waals surface area contributed by atoms with Gasteiger partial charge in [0.15, 0.2) is 11.5 Å². The monoisotopic (exact) mass is 405 g/mol. The highest BCUT2D eigenvalue weighted by atomic mass is 32.2. The third kappa shape index (κ3) is 4.20. The summed E-state index contributed by atoms with van der Waals surface area (Å²) in [6.45, 7) is 1.11. The van der Waals surface area contributed by atoms with Crippen molar-refractivity contribution in [1.29, 1.82) is 0 Å². The molecule has 0 bridgehead atoms. The minimum absolute atomic E-state index is 0.247. The molecule has 0 atom stereocenters. The van der Waals surface area contributed by atoms with Crippen LogP contribution in [0.1, 0.15) is 0 Å². The number of hydrogen-bond acceptors (Lipinski definition) is 5. The number of carbonyl (C=O) groups excluding carboxylic acids is 1. The third-order valence-electron chi connectivity index (χ3n) is 4.54. The van der Waals surface area contributed by atoms with Crippen LogP contribution in [0.25, 0.3) is 0 Å². The SMILES string of the molecule is COc1ccc(NC(=O)N2CCN(S(=O)(=O)c3ccccc3)CC2)cc1OC. The predicted octanol–water partition coefficient (Wildman–Crippen LogP) is 2.24. The van der Waals surface area contributed by atoms with Crippen molar-refractivity contribution in [3.05, 3.63) is 48.5 Å². The predicted molar refractivity (Wildman–Crippen MR) is 105 cm³/mol. The number of sulfonamides is 1. The van der Waals surface area contributed by atoms with Gasteiger partial charge < -0.3 is 19.7 Å². The first-order valence-electron chi connectivity index (χ1n) is 8.79. The molecule has 150 valence electrons. The Morgan fingerprint density at radius 2 is 1.57 bits per heavy atom. The van der Waals surface area contributed by atoms with Gasteiger partial charge in [0.2, 0.25) is 10.0 Å². The molecule has 3 rings (SSSR count). The number of nitrogens with one attached hydrogen (secondary N) is 1. The molecular formula is C19H23N3O5S. The third-order valence-corrected chi connectivity index (χ3v) is 6.45. The fourth-order valence-electron chi connectivity index (χ4n) is 2.99. The Hall–Kier alpha value is -2.78. The maximum absolute atomic E-state index is 12.7. The summed E-state index contributed by atoms with van der Waals surface area (Å²) >= 11 is 0.